The third kappa shape index (κ3) is 3.46. The van der Waals surface area contributed by atoms with Crippen molar-refractivity contribution >= 4 is 5.91 Å². The van der Waals surface area contributed by atoms with E-state index in [-0.39, 0.29) is 11.3 Å². The lowest BCUT2D eigenvalue weighted by atomic mass is 9.87. The number of amides is 1. The van der Waals surface area contributed by atoms with E-state index in [1.807, 2.05) is 20.8 Å². The maximum atomic E-state index is 11.7. The average Bonchev–Trinajstić information content (AvgIpc) is 2.60. The van der Waals surface area contributed by atoms with E-state index >= 15 is 0 Å². The number of nitrogens with one attached hydrogen (secondary N) is 1. The molecule has 1 amide bonds. The lowest BCUT2D eigenvalue weighted by Gasteiger charge is -2.28. The highest BCUT2D eigenvalue weighted by Gasteiger charge is 2.33. The molecular weight excluding hydrogens is 204 g/mol. The SMILES string of the molecule is CC(C)(C)[C@@H](N)C(=O)NCC1(O)CCCC1. The Hall–Kier alpha value is -0.610. The summed E-state index contributed by atoms with van der Waals surface area (Å²) in [6.07, 6.45) is 3.63. The Balaban J connectivity index is 2.40. The van der Waals surface area contributed by atoms with Crippen LogP contribution in [0.4, 0.5) is 0 Å². The molecule has 0 aliphatic heterocycles. The first kappa shape index (κ1) is 13.5. The van der Waals surface area contributed by atoms with E-state index in [2.05, 4.69) is 5.32 Å². The van der Waals surface area contributed by atoms with E-state index in [9.17, 15) is 9.90 Å². The summed E-state index contributed by atoms with van der Waals surface area (Å²) in [5, 5.41) is 12.8. The lowest BCUT2D eigenvalue weighted by Crippen LogP contribution is -2.52. The van der Waals surface area contributed by atoms with E-state index in [1.165, 1.54) is 0 Å². The topological polar surface area (TPSA) is 75.4 Å². The molecule has 0 heterocycles. The molecule has 1 rings (SSSR count). The zero-order valence-electron chi connectivity index (χ0n) is 10.5. The summed E-state index contributed by atoms with van der Waals surface area (Å²) >= 11 is 0. The number of rotatable bonds is 3. The van der Waals surface area contributed by atoms with Crippen molar-refractivity contribution in [1.82, 2.24) is 5.32 Å². The Kier molecular flexibility index (Phi) is 3.97. The van der Waals surface area contributed by atoms with Crippen LogP contribution in [0.3, 0.4) is 0 Å². The molecular formula is C12H24N2O2. The first-order valence-corrected chi connectivity index (χ1v) is 6.00. The lowest BCUT2D eigenvalue weighted by molar-refractivity contribution is -0.125. The predicted octanol–water partition coefficient (Wildman–Crippen LogP) is 0.781. The summed E-state index contributed by atoms with van der Waals surface area (Å²) in [5.41, 5.74) is 4.88. The highest BCUT2D eigenvalue weighted by molar-refractivity contribution is 5.82. The Morgan fingerprint density at radius 1 is 1.44 bits per heavy atom. The highest BCUT2D eigenvalue weighted by Crippen LogP contribution is 2.28. The molecule has 4 heteroatoms. The number of nitrogens with two attached hydrogens (primary N) is 1. The predicted molar refractivity (Wildman–Crippen MR) is 63.9 cm³/mol. The van der Waals surface area contributed by atoms with Crippen LogP contribution in [0.1, 0.15) is 46.5 Å². The van der Waals surface area contributed by atoms with Crippen LogP contribution < -0.4 is 11.1 Å². The van der Waals surface area contributed by atoms with Gasteiger partial charge in [-0.3, -0.25) is 4.79 Å². The second-order valence-electron chi connectivity index (χ2n) is 5.99. The molecule has 0 spiro atoms. The fourth-order valence-electron chi connectivity index (χ4n) is 1.96. The fraction of sp³-hybridized carbons (Fsp3) is 0.917. The van der Waals surface area contributed by atoms with Crippen LogP contribution in [-0.4, -0.2) is 29.2 Å². The maximum absolute atomic E-state index is 11.7. The van der Waals surface area contributed by atoms with Crippen LogP contribution >= 0.6 is 0 Å². The van der Waals surface area contributed by atoms with E-state index in [4.69, 9.17) is 5.73 Å². The zero-order valence-corrected chi connectivity index (χ0v) is 10.5. The minimum Gasteiger partial charge on any atom is -0.388 e. The van der Waals surface area contributed by atoms with Crippen LogP contribution in [0, 0.1) is 5.41 Å². The van der Waals surface area contributed by atoms with Gasteiger partial charge in [0.15, 0.2) is 0 Å². The van der Waals surface area contributed by atoms with Crippen molar-refractivity contribution in [2.24, 2.45) is 11.1 Å². The second-order valence-corrected chi connectivity index (χ2v) is 5.99. The van der Waals surface area contributed by atoms with Gasteiger partial charge in [0.1, 0.15) is 0 Å². The third-order valence-corrected chi connectivity index (χ3v) is 3.34. The van der Waals surface area contributed by atoms with Crippen LogP contribution in [0.15, 0.2) is 0 Å². The summed E-state index contributed by atoms with van der Waals surface area (Å²) in [5.74, 6) is -0.173. The molecule has 1 atom stereocenters. The van der Waals surface area contributed by atoms with Gasteiger partial charge >= 0.3 is 0 Å². The van der Waals surface area contributed by atoms with Crippen molar-refractivity contribution in [1.29, 1.82) is 0 Å². The Morgan fingerprint density at radius 2 is 1.94 bits per heavy atom. The van der Waals surface area contributed by atoms with Gasteiger partial charge in [0, 0.05) is 6.54 Å². The summed E-state index contributed by atoms with van der Waals surface area (Å²) < 4.78 is 0. The standard InChI is InChI=1S/C12H24N2O2/c1-11(2,3)9(13)10(15)14-8-12(16)6-4-5-7-12/h9,16H,4-8,13H2,1-3H3,(H,14,15)/t9-/m0/s1. The van der Waals surface area contributed by atoms with E-state index in [1.54, 1.807) is 0 Å². The smallest absolute Gasteiger partial charge is 0.237 e. The van der Waals surface area contributed by atoms with Gasteiger partial charge in [-0.2, -0.15) is 0 Å². The summed E-state index contributed by atoms with van der Waals surface area (Å²) in [7, 11) is 0. The Labute approximate surface area is 97.6 Å². The molecule has 0 aromatic rings. The van der Waals surface area contributed by atoms with Crippen LogP contribution in [0.25, 0.3) is 0 Å². The van der Waals surface area contributed by atoms with Gasteiger partial charge in [0.2, 0.25) is 5.91 Å². The van der Waals surface area contributed by atoms with Crippen LogP contribution in [0.5, 0.6) is 0 Å². The number of carbonyl (C=O) groups is 1. The van der Waals surface area contributed by atoms with Gasteiger partial charge in [-0.25, -0.2) is 0 Å². The van der Waals surface area contributed by atoms with Gasteiger partial charge in [-0.15, -0.1) is 0 Å². The minimum absolute atomic E-state index is 0.173. The van der Waals surface area contributed by atoms with Crippen molar-refractivity contribution in [3.05, 3.63) is 0 Å². The monoisotopic (exact) mass is 228 g/mol. The molecule has 0 bridgehead atoms. The van der Waals surface area contributed by atoms with E-state index in [0.717, 1.165) is 25.7 Å². The molecule has 4 nitrogen and oxygen atoms in total. The molecule has 0 radical (unpaired) electrons. The number of hydrogen-bond donors (Lipinski definition) is 3. The molecule has 0 aromatic heterocycles. The van der Waals surface area contributed by atoms with Crippen LogP contribution in [0.2, 0.25) is 0 Å². The quantitative estimate of drug-likeness (QED) is 0.668. The van der Waals surface area contributed by atoms with E-state index in [0.29, 0.717) is 6.54 Å². The number of hydrogen-bond acceptors (Lipinski definition) is 3. The molecule has 0 unspecified atom stereocenters. The van der Waals surface area contributed by atoms with Gasteiger partial charge in [-0.1, -0.05) is 33.6 Å². The van der Waals surface area contributed by atoms with Gasteiger partial charge < -0.3 is 16.2 Å². The molecule has 16 heavy (non-hydrogen) atoms. The maximum Gasteiger partial charge on any atom is 0.237 e. The molecule has 0 aromatic carbocycles. The molecule has 94 valence electrons. The Bertz CT molecular complexity index is 252. The summed E-state index contributed by atoms with van der Waals surface area (Å²) in [6.45, 7) is 6.13. The molecule has 1 aliphatic rings. The van der Waals surface area contributed by atoms with Gasteiger partial charge in [0.25, 0.3) is 0 Å². The van der Waals surface area contributed by atoms with Crippen LogP contribution in [-0.2, 0) is 4.79 Å². The molecule has 1 fully saturated rings. The van der Waals surface area contributed by atoms with Crippen molar-refractivity contribution in [3.8, 4) is 0 Å². The second kappa shape index (κ2) is 4.72. The Morgan fingerprint density at radius 3 is 2.38 bits per heavy atom. The van der Waals surface area contributed by atoms with E-state index < -0.39 is 11.6 Å². The zero-order chi connectivity index (χ0) is 12.4. The largest absolute Gasteiger partial charge is 0.388 e. The number of aliphatic hydroxyl groups is 1. The highest BCUT2D eigenvalue weighted by atomic mass is 16.3. The third-order valence-electron chi connectivity index (χ3n) is 3.34. The fourth-order valence-corrected chi connectivity index (χ4v) is 1.96. The average molecular weight is 228 g/mol. The molecule has 0 saturated heterocycles. The first-order chi connectivity index (χ1) is 7.25. The van der Waals surface area contributed by atoms with Crippen molar-refractivity contribution in [2.75, 3.05) is 6.54 Å². The van der Waals surface area contributed by atoms with Gasteiger partial charge in [0.05, 0.1) is 11.6 Å². The van der Waals surface area contributed by atoms with Crippen molar-refractivity contribution in [2.45, 2.75) is 58.1 Å². The molecule has 4 N–H and O–H groups in total. The first-order valence-electron chi connectivity index (χ1n) is 6.00. The molecule has 1 saturated carbocycles. The minimum atomic E-state index is -0.701. The summed E-state index contributed by atoms with van der Waals surface area (Å²) in [4.78, 5) is 11.7. The van der Waals surface area contributed by atoms with Crippen molar-refractivity contribution < 1.29 is 9.90 Å². The normalized spacial score (nSPS) is 21.8. The van der Waals surface area contributed by atoms with Crippen molar-refractivity contribution in [3.63, 3.8) is 0 Å². The van der Waals surface area contributed by atoms with Gasteiger partial charge in [-0.05, 0) is 18.3 Å². The number of carbonyl (C=O) groups excluding carboxylic acids is 1. The summed E-state index contributed by atoms with van der Waals surface area (Å²) in [6, 6.07) is -0.530. The molecule has 1 aliphatic carbocycles.